The lowest BCUT2D eigenvalue weighted by Crippen LogP contribution is -2.15. The Morgan fingerprint density at radius 1 is 1.40 bits per heavy atom. The zero-order valence-electron chi connectivity index (χ0n) is 11.9. The average Bonchev–Trinajstić information content (AvgIpc) is 2.97. The summed E-state index contributed by atoms with van der Waals surface area (Å²) < 4.78 is 10.5. The van der Waals surface area contributed by atoms with Gasteiger partial charge in [0.2, 0.25) is 0 Å². The lowest BCUT2D eigenvalue weighted by Gasteiger charge is -2.13. The highest BCUT2D eigenvalue weighted by molar-refractivity contribution is 5.96. The van der Waals surface area contributed by atoms with Crippen LogP contribution in [0.15, 0.2) is 18.2 Å². The van der Waals surface area contributed by atoms with Crippen molar-refractivity contribution in [2.24, 2.45) is 0 Å². The van der Waals surface area contributed by atoms with Crippen LogP contribution in [0, 0.1) is 0 Å². The van der Waals surface area contributed by atoms with Gasteiger partial charge in [0.15, 0.2) is 0 Å². The summed E-state index contributed by atoms with van der Waals surface area (Å²) in [4.78, 5) is 11.5. The van der Waals surface area contributed by atoms with E-state index >= 15 is 0 Å². The van der Waals surface area contributed by atoms with Crippen LogP contribution in [0.2, 0.25) is 0 Å². The maximum absolute atomic E-state index is 11.5. The second-order valence-corrected chi connectivity index (χ2v) is 5.00. The third-order valence-electron chi connectivity index (χ3n) is 3.55. The van der Waals surface area contributed by atoms with Crippen LogP contribution in [0.4, 0.5) is 11.4 Å². The summed E-state index contributed by atoms with van der Waals surface area (Å²) in [5.41, 5.74) is 7.40. The van der Waals surface area contributed by atoms with E-state index in [9.17, 15) is 4.79 Å². The van der Waals surface area contributed by atoms with Gasteiger partial charge in [0.1, 0.15) is 0 Å². The fourth-order valence-electron chi connectivity index (χ4n) is 2.43. The molecule has 0 amide bonds. The molecule has 0 spiro atoms. The predicted octanol–water partition coefficient (Wildman–Crippen LogP) is 2.43. The van der Waals surface area contributed by atoms with Gasteiger partial charge < -0.3 is 20.5 Å². The fourth-order valence-corrected chi connectivity index (χ4v) is 2.43. The molecule has 0 radical (unpaired) electrons. The molecule has 0 bridgehead atoms. The van der Waals surface area contributed by atoms with E-state index in [1.165, 1.54) is 32.8 Å². The highest BCUT2D eigenvalue weighted by atomic mass is 16.5. The van der Waals surface area contributed by atoms with Crippen LogP contribution in [-0.4, -0.2) is 32.3 Å². The van der Waals surface area contributed by atoms with Crippen LogP contribution >= 0.6 is 0 Å². The Balaban J connectivity index is 1.81. The van der Waals surface area contributed by atoms with Crippen LogP contribution in [0.3, 0.4) is 0 Å². The summed E-state index contributed by atoms with van der Waals surface area (Å²) in [6.07, 6.45) is 5.33. The minimum Gasteiger partial charge on any atom is -0.465 e. The number of esters is 1. The van der Waals surface area contributed by atoms with E-state index in [4.69, 9.17) is 15.2 Å². The van der Waals surface area contributed by atoms with Crippen LogP contribution in [0.5, 0.6) is 0 Å². The first kappa shape index (κ1) is 14.7. The Bertz CT molecular complexity index is 456. The monoisotopic (exact) mass is 278 g/mol. The molecular formula is C15H22N2O3. The van der Waals surface area contributed by atoms with E-state index in [0.717, 1.165) is 5.69 Å². The lowest BCUT2D eigenvalue weighted by atomic mass is 10.1. The SMILES string of the molecule is COC(=O)c1cc(NCCOC2CCCC2)ccc1N. The van der Waals surface area contributed by atoms with Gasteiger partial charge in [-0.25, -0.2) is 4.79 Å². The molecule has 1 aliphatic rings. The Hall–Kier alpha value is -1.75. The molecule has 0 atom stereocenters. The number of hydrogen-bond donors (Lipinski definition) is 2. The topological polar surface area (TPSA) is 73.6 Å². The number of ether oxygens (including phenoxy) is 2. The number of methoxy groups -OCH3 is 1. The number of anilines is 2. The number of rotatable bonds is 6. The van der Waals surface area contributed by atoms with Crippen molar-refractivity contribution in [3.63, 3.8) is 0 Å². The lowest BCUT2D eigenvalue weighted by molar-refractivity contribution is 0.0602. The summed E-state index contributed by atoms with van der Waals surface area (Å²) in [5, 5.41) is 3.23. The molecule has 0 aliphatic heterocycles. The second kappa shape index (κ2) is 7.14. The molecule has 0 unspecified atom stereocenters. The second-order valence-electron chi connectivity index (χ2n) is 5.00. The molecule has 20 heavy (non-hydrogen) atoms. The zero-order valence-corrected chi connectivity index (χ0v) is 11.9. The zero-order chi connectivity index (χ0) is 14.4. The summed E-state index contributed by atoms with van der Waals surface area (Å²) in [6.45, 7) is 1.38. The smallest absolute Gasteiger partial charge is 0.340 e. The molecule has 0 aromatic heterocycles. The molecule has 3 N–H and O–H groups in total. The summed E-state index contributed by atoms with van der Waals surface area (Å²) in [6, 6.07) is 5.25. The number of carbonyl (C=O) groups excluding carboxylic acids is 1. The van der Waals surface area contributed by atoms with Gasteiger partial charge in [0.25, 0.3) is 0 Å². The molecule has 1 aliphatic carbocycles. The van der Waals surface area contributed by atoms with E-state index < -0.39 is 5.97 Å². The van der Waals surface area contributed by atoms with Gasteiger partial charge in [-0.1, -0.05) is 12.8 Å². The molecule has 1 aromatic rings. The Labute approximate surface area is 119 Å². The van der Waals surface area contributed by atoms with E-state index in [2.05, 4.69) is 5.32 Å². The molecule has 1 saturated carbocycles. The van der Waals surface area contributed by atoms with Gasteiger partial charge in [-0.05, 0) is 31.0 Å². The summed E-state index contributed by atoms with van der Waals surface area (Å²) in [7, 11) is 1.34. The Morgan fingerprint density at radius 3 is 2.85 bits per heavy atom. The predicted molar refractivity (Wildman–Crippen MR) is 78.9 cm³/mol. The average molecular weight is 278 g/mol. The van der Waals surface area contributed by atoms with Crippen molar-refractivity contribution in [3.8, 4) is 0 Å². The van der Waals surface area contributed by atoms with Crippen LogP contribution in [0.25, 0.3) is 0 Å². The minimum atomic E-state index is -0.423. The van der Waals surface area contributed by atoms with Gasteiger partial charge in [0.05, 0.1) is 25.4 Å². The third-order valence-corrected chi connectivity index (χ3v) is 3.55. The molecule has 5 nitrogen and oxygen atoms in total. The first-order valence-electron chi connectivity index (χ1n) is 7.04. The number of nitrogen functional groups attached to an aromatic ring is 1. The number of nitrogens with one attached hydrogen (secondary N) is 1. The molecule has 2 rings (SSSR count). The maximum atomic E-state index is 11.5. The Kier molecular flexibility index (Phi) is 5.24. The number of nitrogens with two attached hydrogens (primary N) is 1. The first-order chi connectivity index (χ1) is 9.70. The molecule has 1 fully saturated rings. The van der Waals surface area contributed by atoms with Crippen molar-refractivity contribution in [1.82, 2.24) is 0 Å². The van der Waals surface area contributed by atoms with Crippen molar-refractivity contribution in [2.75, 3.05) is 31.3 Å². The van der Waals surface area contributed by atoms with Crippen molar-refractivity contribution in [3.05, 3.63) is 23.8 Å². The largest absolute Gasteiger partial charge is 0.465 e. The quantitative estimate of drug-likeness (QED) is 0.475. The molecule has 5 heteroatoms. The summed E-state index contributed by atoms with van der Waals surface area (Å²) in [5.74, 6) is -0.423. The molecule has 0 heterocycles. The summed E-state index contributed by atoms with van der Waals surface area (Å²) >= 11 is 0. The van der Waals surface area contributed by atoms with E-state index in [-0.39, 0.29) is 0 Å². The number of carbonyl (C=O) groups is 1. The van der Waals surface area contributed by atoms with Crippen molar-refractivity contribution in [2.45, 2.75) is 31.8 Å². The van der Waals surface area contributed by atoms with E-state index in [1.807, 2.05) is 6.07 Å². The first-order valence-corrected chi connectivity index (χ1v) is 7.04. The van der Waals surface area contributed by atoms with Gasteiger partial charge in [-0.3, -0.25) is 0 Å². The maximum Gasteiger partial charge on any atom is 0.340 e. The third kappa shape index (κ3) is 3.87. The standard InChI is InChI=1S/C15H22N2O3/c1-19-15(18)13-10-11(6-7-14(13)16)17-8-9-20-12-4-2-3-5-12/h6-7,10,12,17H,2-5,8-9,16H2,1H3. The van der Waals surface area contributed by atoms with E-state index in [1.54, 1.807) is 12.1 Å². The minimum absolute atomic E-state index is 0.384. The van der Waals surface area contributed by atoms with Gasteiger partial charge in [0, 0.05) is 17.9 Å². The molecule has 0 saturated heterocycles. The molecular weight excluding hydrogens is 256 g/mol. The van der Waals surface area contributed by atoms with Crippen LogP contribution in [-0.2, 0) is 9.47 Å². The van der Waals surface area contributed by atoms with Crippen molar-refractivity contribution >= 4 is 17.3 Å². The van der Waals surface area contributed by atoms with Gasteiger partial charge in [-0.15, -0.1) is 0 Å². The molecule has 1 aromatic carbocycles. The highest BCUT2D eigenvalue weighted by Crippen LogP contribution is 2.21. The highest BCUT2D eigenvalue weighted by Gasteiger charge is 2.14. The molecule has 110 valence electrons. The van der Waals surface area contributed by atoms with Crippen LogP contribution < -0.4 is 11.1 Å². The fraction of sp³-hybridized carbons (Fsp3) is 0.533. The Morgan fingerprint density at radius 2 is 2.15 bits per heavy atom. The van der Waals surface area contributed by atoms with E-state index in [0.29, 0.717) is 30.5 Å². The normalized spacial score (nSPS) is 15.2. The number of benzene rings is 1. The number of hydrogen-bond acceptors (Lipinski definition) is 5. The van der Waals surface area contributed by atoms with Gasteiger partial charge >= 0.3 is 5.97 Å². The van der Waals surface area contributed by atoms with Crippen LogP contribution in [0.1, 0.15) is 36.0 Å². The van der Waals surface area contributed by atoms with Gasteiger partial charge in [-0.2, -0.15) is 0 Å². The van der Waals surface area contributed by atoms with Crippen molar-refractivity contribution in [1.29, 1.82) is 0 Å². The van der Waals surface area contributed by atoms with Crippen molar-refractivity contribution < 1.29 is 14.3 Å².